The minimum atomic E-state index is -1.29. The van der Waals surface area contributed by atoms with Crippen molar-refractivity contribution in [1.82, 2.24) is 0 Å². The molecule has 0 amide bonds. The van der Waals surface area contributed by atoms with Crippen LogP contribution in [0.4, 0.5) is 0 Å². The summed E-state index contributed by atoms with van der Waals surface area (Å²) in [5.74, 6) is -0.250. The van der Waals surface area contributed by atoms with Crippen LogP contribution in [-0.4, -0.2) is 16.9 Å². The fourth-order valence-corrected chi connectivity index (χ4v) is 2.47. The number of carbonyl (C=O) groups excluding carboxylic acids is 1. The minimum absolute atomic E-state index is 0.0995. The normalized spacial score (nSPS) is 29.9. The van der Waals surface area contributed by atoms with E-state index in [0.717, 1.165) is 0 Å². The van der Waals surface area contributed by atoms with Crippen LogP contribution in [0.25, 0.3) is 0 Å². The topological polar surface area (TPSA) is 26.3 Å². The number of ether oxygens (including phenoxy) is 1. The van der Waals surface area contributed by atoms with Gasteiger partial charge in [0.15, 0.2) is 3.79 Å². The van der Waals surface area contributed by atoms with E-state index >= 15 is 0 Å². The molecule has 0 aromatic rings. The van der Waals surface area contributed by atoms with Crippen molar-refractivity contribution in [2.45, 2.75) is 24.1 Å². The number of hydrogen-bond donors (Lipinski definition) is 0. The summed E-state index contributed by atoms with van der Waals surface area (Å²) in [5.41, 5.74) is -0.114. The van der Waals surface area contributed by atoms with Gasteiger partial charge in [-0.3, -0.25) is 4.79 Å². The molecule has 2 unspecified atom stereocenters. The molecule has 0 spiro atoms. The first-order valence-corrected chi connectivity index (χ1v) is 5.48. The molecule has 1 saturated carbocycles. The van der Waals surface area contributed by atoms with Crippen LogP contribution >= 0.6 is 34.8 Å². The average molecular weight is 260 g/mol. The Hall–Kier alpha value is 0.340. The van der Waals surface area contributed by atoms with E-state index in [2.05, 4.69) is 4.74 Å². The summed E-state index contributed by atoms with van der Waals surface area (Å²) in [5, 5.41) is 0. The number of halogens is 3. The average Bonchev–Trinajstić information content (AvgIpc) is 2.49. The molecule has 2 atom stereocenters. The second kappa shape index (κ2) is 3.73. The number of rotatable bonds is 2. The molecule has 1 aliphatic carbocycles. The zero-order valence-corrected chi connectivity index (χ0v) is 10.6. The summed E-state index contributed by atoms with van der Waals surface area (Å²) in [4.78, 5) is 11.3. The van der Waals surface area contributed by atoms with Gasteiger partial charge in [-0.05, 0) is 17.8 Å². The maximum atomic E-state index is 11.3. The first kappa shape index (κ1) is 12.4. The molecule has 0 saturated heterocycles. The molecule has 0 aromatic heterocycles. The van der Waals surface area contributed by atoms with Crippen LogP contribution in [-0.2, 0) is 9.53 Å². The Balaban J connectivity index is 2.62. The van der Waals surface area contributed by atoms with Gasteiger partial charge in [0.2, 0.25) is 0 Å². The molecule has 1 fully saturated rings. The highest BCUT2D eigenvalue weighted by Crippen LogP contribution is 2.63. The SMILES string of the molecule is COC(=O)C1C(CC(Cl)(Cl)Cl)C1(C)C. The lowest BCUT2D eigenvalue weighted by atomic mass is 10.1. The van der Waals surface area contributed by atoms with E-state index in [0.29, 0.717) is 6.42 Å². The molecule has 1 rings (SSSR count). The van der Waals surface area contributed by atoms with Gasteiger partial charge >= 0.3 is 5.97 Å². The van der Waals surface area contributed by atoms with Gasteiger partial charge in [0.1, 0.15) is 0 Å². The van der Waals surface area contributed by atoms with Crippen LogP contribution in [0.15, 0.2) is 0 Å². The van der Waals surface area contributed by atoms with Crippen molar-refractivity contribution in [1.29, 1.82) is 0 Å². The van der Waals surface area contributed by atoms with Crippen molar-refractivity contribution in [3.8, 4) is 0 Å². The molecule has 0 aliphatic heterocycles. The Morgan fingerprint density at radius 2 is 1.93 bits per heavy atom. The highest BCUT2D eigenvalue weighted by molar-refractivity contribution is 6.67. The second-order valence-corrected chi connectivity index (χ2v) is 6.76. The van der Waals surface area contributed by atoms with E-state index in [1.807, 2.05) is 13.8 Å². The summed E-state index contributed by atoms with van der Waals surface area (Å²) >= 11 is 17.1. The van der Waals surface area contributed by atoms with Crippen molar-refractivity contribution < 1.29 is 9.53 Å². The van der Waals surface area contributed by atoms with E-state index in [1.165, 1.54) is 7.11 Å². The van der Waals surface area contributed by atoms with Crippen LogP contribution in [0.3, 0.4) is 0 Å². The molecule has 14 heavy (non-hydrogen) atoms. The molecule has 0 N–H and O–H groups in total. The summed E-state index contributed by atoms with van der Waals surface area (Å²) in [6, 6.07) is 0. The van der Waals surface area contributed by atoms with Crippen LogP contribution in [0.1, 0.15) is 20.3 Å². The summed E-state index contributed by atoms with van der Waals surface area (Å²) in [6.45, 7) is 3.96. The number of alkyl halides is 3. The van der Waals surface area contributed by atoms with Crippen LogP contribution in [0.5, 0.6) is 0 Å². The van der Waals surface area contributed by atoms with Crippen LogP contribution < -0.4 is 0 Å². The van der Waals surface area contributed by atoms with Crippen molar-refractivity contribution in [2.75, 3.05) is 7.11 Å². The molecule has 5 heteroatoms. The highest BCUT2D eigenvalue weighted by atomic mass is 35.6. The molecule has 0 radical (unpaired) electrons. The van der Waals surface area contributed by atoms with Crippen molar-refractivity contribution >= 4 is 40.8 Å². The predicted molar refractivity (Wildman–Crippen MR) is 57.7 cm³/mol. The van der Waals surface area contributed by atoms with Gasteiger partial charge in [-0.2, -0.15) is 0 Å². The maximum Gasteiger partial charge on any atom is 0.309 e. The molecule has 0 bridgehead atoms. The highest BCUT2D eigenvalue weighted by Gasteiger charge is 2.63. The van der Waals surface area contributed by atoms with E-state index in [-0.39, 0.29) is 23.2 Å². The van der Waals surface area contributed by atoms with Crippen molar-refractivity contribution in [3.05, 3.63) is 0 Å². The predicted octanol–water partition coefficient (Wildman–Crippen LogP) is 3.19. The minimum Gasteiger partial charge on any atom is -0.469 e. The standard InChI is InChI=1S/C9H13Cl3O2/c1-8(2)5(4-9(10,11)12)6(8)7(13)14-3/h5-6H,4H2,1-3H3. The van der Waals surface area contributed by atoms with Gasteiger partial charge in [0.05, 0.1) is 13.0 Å². The largest absolute Gasteiger partial charge is 0.469 e. The monoisotopic (exact) mass is 258 g/mol. The number of hydrogen-bond acceptors (Lipinski definition) is 2. The van der Waals surface area contributed by atoms with Crippen LogP contribution in [0, 0.1) is 17.3 Å². The Kier molecular flexibility index (Phi) is 3.31. The van der Waals surface area contributed by atoms with Crippen molar-refractivity contribution in [2.24, 2.45) is 17.3 Å². The van der Waals surface area contributed by atoms with Gasteiger partial charge in [0.25, 0.3) is 0 Å². The second-order valence-electron chi connectivity index (χ2n) is 4.25. The fraction of sp³-hybridized carbons (Fsp3) is 0.889. The number of carbonyl (C=O) groups is 1. The summed E-state index contributed by atoms with van der Waals surface area (Å²) in [7, 11) is 1.38. The molecule has 82 valence electrons. The van der Waals surface area contributed by atoms with Crippen molar-refractivity contribution in [3.63, 3.8) is 0 Å². The van der Waals surface area contributed by atoms with E-state index in [4.69, 9.17) is 34.8 Å². The van der Waals surface area contributed by atoms with Gasteiger partial charge in [-0.15, -0.1) is 0 Å². The molecule has 0 aromatic carbocycles. The van der Waals surface area contributed by atoms with Gasteiger partial charge in [-0.1, -0.05) is 48.7 Å². The molecule has 0 heterocycles. The zero-order chi connectivity index (χ0) is 11.1. The quantitative estimate of drug-likeness (QED) is 0.562. The number of methoxy groups -OCH3 is 1. The van der Waals surface area contributed by atoms with E-state index in [9.17, 15) is 4.79 Å². The fourth-order valence-electron chi connectivity index (χ4n) is 1.97. The third-order valence-electron chi connectivity index (χ3n) is 2.96. The lowest BCUT2D eigenvalue weighted by Gasteiger charge is -2.10. The Labute approximate surface area is 98.8 Å². The number of esters is 1. The van der Waals surface area contributed by atoms with E-state index < -0.39 is 3.79 Å². The van der Waals surface area contributed by atoms with E-state index in [1.54, 1.807) is 0 Å². The summed E-state index contributed by atoms with van der Waals surface area (Å²) < 4.78 is 3.40. The van der Waals surface area contributed by atoms with Gasteiger partial charge in [-0.25, -0.2) is 0 Å². The molecule has 1 aliphatic rings. The molecular formula is C9H13Cl3O2. The van der Waals surface area contributed by atoms with Crippen LogP contribution in [0.2, 0.25) is 0 Å². The molecular weight excluding hydrogens is 246 g/mol. The third kappa shape index (κ3) is 2.47. The zero-order valence-electron chi connectivity index (χ0n) is 8.31. The van der Waals surface area contributed by atoms with Gasteiger partial charge < -0.3 is 4.74 Å². The Morgan fingerprint density at radius 1 is 1.43 bits per heavy atom. The first-order valence-electron chi connectivity index (χ1n) is 4.34. The third-order valence-corrected chi connectivity index (χ3v) is 3.42. The Morgan fingerprint density at radius 3 is 2.29 bits per heavy atom. The lowest BCUT2D eigenvalue weighted by molar-refractivity contribution is -0.143. The molecule has 2 nitrogen and oxygen atoms in total. The summed E-state index contributed by atoms with van der Waals surface area (Å²) in [6.07, 6.45) is 0.393. The smallest absolute Gasteiger partial charge is 0.309 e. The van der Waals surface area contributed by atoms with Gasteiger partial charge in [0, 0.05) is 0 Å². The lowest BCUT2D eigenvalue weighted by Crippen LogP contribution is -2.09. The maximum absolute atomic E-state index is 11.3. The first-order chi connectivity index (χ1) is 6.20. The Bertz CT molecular complexity index is 245.